The van der Waals surface area contributed by atoms with Crippen molar-refractivity contribution in [3.05, 3.63) is 30.5 Å². The van der Waals surface area contributed by atoms with E-state index in [1.165, 1.54) is 14.1 Å². The number of carbonyl (C=O) groups is 1. The number of hydrogen-bond donors (Lipinski definition) is 1. The fourth-order valence-electron chi connectivity index (χ4n) is 2.43. The van der Waals surface area contributed by atoms with Crippen LogP contribution in [0.5, 0.6) is 5.75 Å². The Morgan fingerprint density at radius 2 is 2.00 bits per heavy atom. The summed E-state index contributed by atoms with van der Waals surface area (Å²) in [4.78, 5) is 11.9. The van der Waals surface area contributed by atoms with Gasteiger partial charge in [0, 0.05) is 38.3 Å². The predicted octanol–water partition coefficient (Wildman–Crippen LogP) is 1.61. The molecule has 0 fully saturated rings. The SMILES string of the molecule is CC(C)n1ccc2c(OCC(=O)NCCS(=O)(=O)N(C)C)cccc21. The summed E-state index contributed by atoms with van der Waals surface area (Å²) in [7, 11) is -0.395. The molecule has 0 aliphatic heterocycles. The number of benzene rings is 1. The number of rotatable bonds is 8. The molecular formula is C17H25N3O4S. The molecule has 2 aromatic rings. The van der Waals surface area contributed by atoms with Crippen molar-refractivity contribution in [3.63, 3.8) is 0 Å². The van der Waals surface area contributed by atoms with Gasteiger partial charge in [-0.25, -0.2) is 12.7 Å². The Morgan fingerprint density at radius 3 is 2.64 bits per heavy atom. The summed E-state index contributed by atoms with van der Waals surface area (Å²) in [5.74, 6) is 0.140. The maximum absolute atomic E-state index is 11.9. The number of ether oxygens (including phenoxy) is 1. The maximum atomic E-state index is 11.9. The highest BCUT2D eigenvalue weighted by atomic mass is 32.2. The zero-order valence-electron chi connectivity index (χ0n) is 15.0. The van der Waals surface area contributed by atoms with Crippen LogP contribution in [0.3, 0.4) is 0 Å². The van der Waals surface area contributed by atoms with Crippen molar-refractivity contribution >= 4 is 26.8 Å². The van der Waals surface area contributed by atoms with E-state index in [-0.39, 0.29) is 24.8 Å². The Hall–Kier alpha value is -2.06. The third-order valence-electron chi connectivity index (χ3n) is 3.88. The standard InChI is InChI=1S/C17H25N3O4S/c1-13(2)20-10-8-14-15(20)6-5-7-16(14)24-12-17(21)18-9-11-25(22,23)19(3)4/h5-8,10,13H,9,11-12H2,1-4H3,(H,18,21). The quantitative estimate of drug-likeness (QED) is 0.769. The smallest absolute Gasteiger partial charge is 0.257 e. The van der Waals surface area contributed by atoms with E-state index in [4.69, 9.17) is 4.74 Å². The lowest BCUT2D eigenvalue weighted by Crippen LogP contribution is -2.36. The van der Waals surface area contributed by atoms with Crippen molar-refractivity contribution in [2.45, 2.75) is 19.9 Å². The predicted molar refractivity (Wildman–Crippen MR) is 98.3 cm³/mol. The molecular weight excluding hydrogens is 342 g/mol. The van der Waals surface area contributed by atoms with Crippen LogP contribution >= 0.6 is 0 Å². The lowest BCUT2D eigenvalue weighted by Gasteiger charge is -2.12. The molecule has 1 amide bonds. The zero-order valence-corrected chi connectivity index (χ0v) is 15.8. The normalized spacial score (nSPS) is 12.1. The van der Waals surface area contributed by atoms with E-state index in [9.17, 15) is 13.2 Å². The molecule has 8 heteroatoms. The molecule has 1 heterocycles. The van der Waals surface area contributed by atoms with Crippen LogP contribution in [0.4, 0.5) is 0 Å². The molecule has 138 valence electrons. The molecule has 7 nitrogen and oxygen atoms in total. The topological polar surface area (TPSA) is 80.6 Å². The second-order valence-electron chi connectivity index (χ2n) is 6.24. The van der Waals surface area contributed by atoms with Gasteiger partial charge >= 0.3 is 0 Å². The Kier molecular flexibility index (Phi) is 6.07. The summed E-state index contributed by atoms with van der Waals surface area (Å²) in [6, 6.07) is 8.00. The Balaban J connectivity index is 1.93. The number of nitrogens with zero attached hydrogens (tertiary/aromatic N) is 2. The molecule has 0 aliphatic rings. The van der Waals surface area contributed by atoms with Gasteiger partial charge in [0.05, 0.1) is 11.3 Å². The Morgan fingerprint density at radius 1 is 1.28 bits per heavy atom. The van der Waals surface area contributed by atoms with Crippen LogP contribution in [0.1, 0.15) is 19.9 Å². The van der Waals surface area contributed by atoms with E-state index in [0.717, 1.165) is 15.2 Å². The molecule has 0 saturated heterocycles. The van der Waals surface area contributed by atoms with Gasteiger partial charge in [0.15, 0.2) is 6.61 Å². The second kappa shape index (κ2) is 7.88. The van der Waals surface area contributed by atoms with Crippen molar-refractivity contribution < 1.29 is 17.9 Å². The van der Waals surface area contributed by atoms with Gasteiger partial charge in [0.25, 0.3) is 5.91 Å². The van der Waals surface area contributed by atoms with Gasteiger partial charge < -0.3 is 14.6 Å². The lowest BCUT2D eigenvalue weighted by molar-refractivity contribution is -0.122. The molecule has 2 rings (SSSR count). The van der Waals surface area contributed by atoms with Crippen molar-refractivity contribution in [2.24, 2.45) is 0 Å². The molecule has 0 bridgehead atoms. The Bertz CT molecular complexity index is 841. The van der Waals surface area contributed by atoms with Crippen LogP contribution in [0.15, 0.2) is 30.5 Å². The van der Waals surface area contributed by atoms with Crippen molar-refractivity contribution in [2.75, 3.05) is 33.0 Å². The molecule has 0 spiro atoms. The lowest BCUT2D eigenvalue weighted by atomic mass is 10.2. The van der Waals surface area contributed by atoms with Crippen LogP contribution in [0.2, 0.25) is 0 Å². The summed E-state index contributed by atoms with van der Waals surface area (Å²) in [5.41, 5.74) is 1.05. The monoisotopic (exact) mass is 367 g/mol. The molecule has 0 radical (unpaired) electrons. The van der Waals surface area contributed by atoms with Gasteiger partial charge in [0.2, 0.25) is 10.0 Å². The number of aromatic nitrogens is 1. The fraction of sp³-hybridized carbons (Fsp3) is 0.471. The maximum Gasteiger partial charge on any atom is 0.257 e. The average Bonchev–Trinajstić information content (AvgIpc) is 2.97. The van der Waals surface area contributed by atoms with E-state index in [2.05, 4.69) is 23.7 Å². The first-order valence-corrected chi connectivity index (χ1v) is 9.72. The Labute approximate surface area is 148 Å². The van der Waals surface area contributed by atoms with Crippen molar-refractivity contribution in [1.82, 2.24) is 14.2 Å². The minimum Gasteiger partial charge on any atom is -0.483 e. The molecule has 1 aromatic carbocycles. The van der Waals surface area contributed by atoms with Crippen LogP contribution in [0, 0.1) is 0 Å². The van der Waals surface area contributed by atoms with Crippen LogP contribution in [0.25, 0.3) is 10.9 Å². The number of nitrogens with one attached hydrogen (secondary N) is 1. The minimum absolute atomic E-state index is 0.0522. The van der Waals surface area contributed by atoms with Crippen LogP contribution < -0.4 is 10.1 Å². The molecule has 0 saturated carbocycles. The number of fused-ring (bicyclic) bond motifs is 1. The summed E-state index contributed by atoms with van der Waals surface area (Å²) >= 11 is 0. The van der Waals surface area contributed by atoms with Crippen molar-refractivity contribution in [1.29, 1.82) is 0 Å². The number of amides is 1. The first-order valence-electron chi connectivity index (χ1n) is 8.11. The molecule has 0 aliphatic carbocycles. The first-order chi connectivity index (χ1) is 11.7. The average molecular weight is 367 g/mol. The molecule has 0 atom stereocenters. The van der Waals surface area contributed by atoms with E-state index >= 15 is 0 Å². The summed E-state index contributed by atoms with van der Waals surface area (Å²) in [5, 5.41) is 3.50. The van der Waals surface area contributed by atoms with Gasteiger partial charge in [-0.1, -0.05) is 6.07 Å². The number of sulfonamides is 1. The van der Waals surface area contributed by atoms with Crippen LogP contribution in [-0.2, 0) is 14.8 Å². The van der Waals surface area contributed by atoms with Crippen molar-refractivity contribution in [3.8, 4) is 5.75 Å². The largest absolute Gasteiger partial charge is 0.483 e. The highest BCUT2D eigenvalue weighted by Crippen LogP contribution is 2.28. The van der Waals surface area contributed by atoms with Gasteiger partial charge in [-0.15, -0.1) is 0 Å². The fourth-order valence-corrected chi connectivity index (χ4v) is 3.16. The molecule has 1 aromatic heterocycles. The zero-order chi connectivity index (χ0) is 18.6. The van der Waals surface area contributed by atoms with E-state index < -0.39 is 10.0 Å². The van der Waals surface area contributed by atoms with Crippen LogP contribution in [-0.4, -0.2) is 56.2 Å². The molecule has 1 N–H and O–H groups in total. The van der Waals surface area contributed by atoms with Gasteiger partial charge in [-0.2, -0.15) is 0 Å². The highest BCUT2D eigenvalue weighted by molar-refractivity contribution is 7.89. The number of hydrogen-bond acceptors (Lipinski definition) is 4. The first kappa shape index (κ1) is 19.3. The summed E-state index contributed by atoms with van der Waals surface area (Å²) < 4.78 is 32.2. The third kappa shape index (κ3) is 4.73. The van der Waals surface area contributed by atoms with Gasteiger partial charge in [-0.05, 0) is 32.0 Å². The third-order valence-corrected chi connectivity index (χ3v) is 5.71. The van der Waals surface area contributed by atoms with E-state index in [1.54, 1.807) is 0 Å². The van der Waals surface area contributed by atoms with Gasteiger partial charge in [-0.3, -0.25) is 4.79 Å². The number of carbonyl (C=O) groups excluding carboxylic acids is 1. The van der Waals surface area contributed by atoms with Gasteiger partial charge in [0.1, 0.15) is 5.75 Å². The summed E-state index contributed by atoms with van der Waals surface area (Å²) in [6.45, 7) is 4.09. The summed E-state index contributed by atoms with van der Waals surface area (Å²) in [6.07, 6.45) is 1.99. The minimum atomic E-state index is -3.32. The molecule has 25 heavy (non-hydrogen) atoms. The molecule has 0 unspecified atom stereocenters. The van der Waals surface area contributed by atoms with E-state index in [0.29, 0.717) is 11.8 Å². The van der Waals surface area contributed by atoms with E-state index in [1.807, 2.05) is 30.5 Å². The highest BCUT2D eigenvalue weighted by Gasteiger charge is 2.14. The second-order valence-corrected chi connectivity index (χ2v) is 8.55.